The quantitative estimate of drug-likeness (QED) is 0.345. The average Bonchev–Trinajstić information content (AvgIpc) is 2.89. The van der Waals surface area contributed by atoms with Crippen LogP contribution in [0.3, 0.4) is 0 Å². The van der Waals surface area contributed by atoms with E-state index >= 15 is 0 Å². The maximum Gasteiger partial charge on any atom is 0.251 e. The fraction of sp³-hybridized carbons (Fsp3) is 0.118. The van der Waals surface area contributed by atoms with E-state index in [9.17, 15) is 9.59 Å². The van der Waals surface area contributed by atoms with Crippen LogP contribution in [-0.4, -0.2) is 31.9 Å². The number of H-pyrrole nitrogens is 2. The van der Waals surface area contributed by atoms with E-state index in [0.717, 1.165) is 5.69 Å². The van der Waals surface area contributed by atoms with Crippen molar-refractivity contribution in [3.05, 3.63) is 73.6 Å². The minimum atomic E-state index is -0.410. The Balaban J connectivity index is 1.71. The Hall–Kier alpha value is -3.04. The molecular formula is C17H15ClN6O2S. The van der Waals surface area contributed by atoms with E-state index in [1.165, 1.54) is 12.3 Å². The molecule has 0 fully saturated rings. The Kier molecular flexibility index (Phi) is 5.63. The molecule has 3 N–H and O–H groups in total. The van der Waals surface area contributed by atoms with Gasteiger partial charge < -0.3 is 4.98 Å². The van der Waals surface area contributed by atoms with E-state index in [2.05, 4.69) is 25.6 Å². The molecule has 10 heteroatoms. The number of aryl methyl sites for hydroxylation is 1. The molecule has 2 aromatic heterocycles. The number of amides is 1. The molecule has 2 heterocycles. The van der Waals surface area contributed by atoms with E-state index < -0.39 is 5.91 Å². The molecular weight excluding hydrogens is 388 g/mol. The third-order valence-electron chi connectivity index (χ3n) is 3.60. The number of hydrogen-bond acceptors (Lipinski definition) is 5. The SMILES string of the molecule is Cc1nn(-c2ccccc2)c(Cl)c1/C=N\NC(=O)Cc1cc(=O)[nH]c(=S)[nH]1. The molecule has 0 unspecified atom stereocenters. The maximum absolute atomic E-state index is 12.0. The summed E-state index contributed by atoms with van der Waals surface area (Å²) in [6.07, 6.45) is 1.36. The van der Waals surface area contributed by atoms with E-state index in [4.69, 9.17) is 23.8 Å². The molecule has 0 saturated heterocycles. The van der Waals surface area contributed by atoms with Crippen molar-refractivity contribution in [2.75, 3.05) is 0 Å². The second-order valence-corrected chi connectivity index (χ2v) is 6.39. The maximum atomic E-state index is 12.0. The van der Waals surface area contributed by atoms with Gasteiger partial charge in [0.1, 0.15) is 5.15 Å². The molecule has 1 amide bonds. The lowest BCUT2D eigenvalue weighted by atomic mass is 10.3. The van der Waals surface area contributed by atoms with E-state index in [-0.39, 0.29) is 16.8 Å². The Morgan fingerprint density at radius 1 is 1.37 bits per heavy atom. The number of benzene rings is 1. The Morgan fingerprint density at radius 3 is 2.81 bits per heavy atom. The van der Waals surface area contributed by atoms with Crippen molar-refractivity contribution >= 4 is 35.9 Å². The predicted octanol–water partition coefficient (Wildman–Crippen LogP) is 2.27. The smallest absolute Gasteiger partial charge is 0.251 e. The number of nitrogens with one attached hydrogen (secondary N) is 3. The van der Waals surface area contributed by atoms with Crippen molar-refractivity contribution in [3.8, 4) is 5.69 Å². The summed E-state index contributed by atoms with van der Waals surface area (Å²) in [6, 6.07) is 10.7. The minimum Gasteiger partial charge on any atom is -0.335 e. The Bertz CT molecular complexity index is 1090. The van der Waals surface area contributed by atoms with Gasteiger partial charge in [0.05, 0.1) is 29.6 Å². The van der Waals surface area contributed by atoms with Crippen LogP contribution in [0, 0.1) is 11.7 Å². The van der Waals surface area contributed by atoms with Gasteiger partial charge in [0.15, 0.2) is 4.77 Å². The summed E-state index contributed by atoms with van der Waals surface area (Å²) in [5.41, 5.74) is 4.49. The summed E-state index contributed by atoms with van der Waals surface area (Å²) in [4.78, 5) is 28.5. The Labute approximate surface area is 163 Å². The number of hydrazone groups is 1. The first-order valence-electron chi connectivity index (χ1n) is 7.89. The van der Waals surface area contributed by atoms with Crippen LogP contribution < -0.4 is 11.0 Å². The molecule has 0 aliphatic carbocycles. The molecule has 8 nitrogen and oxygen atoms in total. The Morgan fingerprint density at radius 2 is 2.11 bits per heavy atom. The monoisotopic (exact) mass is 402 g/mol. The van der Waals surface area contributed by atoms with Gasteiger partial charge in [-0.05, 0) is 31.3 Å². The van der Waals surface area contributed by atoms with Crippen LogP contribution >= 0.6 is 23.8 Å². The summed E-state index contributed by atoms with van der Waals surface area (Å²) in [6.45, 7) is 1.80. The van der Waals surface area contributed by atoms with Crippen LogP contribution in [0.5, 0.6) is 0 Å². The lowest BCUT2D eigenvalue weighted by Gasteiger charge is -2.02. The summed E-state index contributed by atoms with van der Waals surface area (Å²) >= 11 is 11.3. The summed E-state index contributed by atoms with van der Waals surface area (Å²) in [5, 5.41) is 8.70. The van der Waals surface area contributed by atoms with E-state index in [1.807, 2.05) is 30.3 Å². The minimum absolute atomic E-state index is 0.0686. The highest BCUT2D eigenvalue weighted by Crippen LogP contribution is 2.21. The van der Waals surface area contributed by atoms with Gasteiger partial charge in [0, 0.05) is 11.8 Å². The molecule has 3 rings (SSSR count). The second-order valence-electron chi connectivity index (χ2n) is 5.62. The molecule has 0 aliphatic heterocycles. The molecule has 138 valence electrons. The van der Waals surface area contributed by atoms with Crippen molar-refractivity contribution in [1.29, 1.82) is 0 Å². The van der Waals surface area contributed by atoms with Crippen LogP contribution in [0.1, 0.15) is 17.0 Å². The van der Waals surface area contributed by atoms with Gasteiger partial charge in [-0.3, -0.25) is 14.6 Å². The topological polar surface area (TPSA) is 108 Å². The van der Waals surface area contributed by atoms with E-state index in [1.54, 1.807) is 11.6 Å². The lowest BCUT2D eigenvalue weighted by molar-refractivity contribution is -0.120. The third-order valence-corrected chi connectivity index (χ3v) is 4.17. The predicted molar refractivity (Wildman–Crippen MR) is 105 cm³/mol. The molecule has 0 spiro atoms. The fourth-order valence-corrected chi connectivity index (χ4v) is 2.95. The largest absolute Gasteiger partial charge is 0.335 e. The number of carbonyl (C=O) groups is 1. The number of halogens is 1. The van der Waals surface area contributed by atoms with E-state index in [0.29, 0.717) is 22.1 Å². The standard InChI is InChI=1S/C17H15ClN6O2S/c1-10-13(16(18)24(23-10)12-5-3-2-4-6-12)9-19-22-15(26)8-11-7-14(25)21-17(27)20-11/h2-7,9H,8H2,1H3,(H,22,26)(H2,20,21,25,27)/b19-9-. The van der Waals surface area contributed by atoms with Crippen molar-refractivity contribution in [2.45, 2.75) is 13.3 Å². The van der Waals surface area contributed by atoms with Gasteiger partial charge in [-0.2, -0.15) is 10.2 Å². The zero-order chi connectivity index (χ0) is 19.4. The zero-order valence-electron chi connectivity index (χ0n) is 14.2. The van der Waals surface area contributed by atoms with Gasteiger partial charge in [0.25, 0.3) is 5.56 Å². The van der Waals surface area contributed by atoms with Gasteiger partial charge in [-0.25, -0.2) is 10.1 Å². The molecule has 1 aromatic carbocycles. The summed E-state index contributed by atoms with van der Waals surface area (Å²) < 4.78 is 1.75. The molecule has 0 saturated carbocycles. The van der Waals surface area contributed by atoms with Crippen molar-refractivity contribution in [2.24, 2.45) is 5.10 Å². The van der Waals surface area contributed by atoms with Crippen LogP contribution in [0.25, 0.3) is 5.69 Å². The third kappa shape index (κ3) is 4.57. The molecule has 0 radical (unpaired) electrons. The first-order chi connectivity index (χ1) is 12.9. The number of hydrogen-bond donors (Lipinski definition) is 3. The highest BCUT2D eigenvalue weighted by molar-refractivity contribution is 7.71. The molecule has 0 atom stereocenters. The number of aromatic nitrogens is 4. The first-order valence-corrected chi connectivity index (χ1v) is 8.67. The highest BCUT2D eigenvalue weighted by Gasteiger charge is 2.13. The van der Waals surface area contributed by atoms with Crippen molar-refractivity contribution in [1.82, 2.24) is 25.2 Å². The van der Waals surface area contributed by atoms with Gasteiger partial charge >= 0.3 is 0 Å². The number of aromatic amines is 2. The number of para-hydroxylation sites is 1. The van der Waals surface area contributed by atoms with Crippen LogP contribution in [-0.2, 0) is 11.2 Å². The van der Waals surface area contributed by atoms with Crippen LogP contribution in [0.4, 0.5) is 0 Å². The second kappa shape index (κ2) is 8.11. The van der Waals surface area contributed by atoms with Crippen molar-refractivity contribution < 1.29 is 4.79 Å². The highest BCUT2D eigenvalue weighted by atomic mass is 35.5. The number of nitrogens with zero attached hydrogens (tertiary/aromatic N) is 3. The normalized spacial score (nSPS) is 11.0. The zero-order valence-corrected chi connectivity index (χ0v) is 15.8. The van der Waals surface area contributed by atoms with Gasteiger partial charge in [-0.15, -0.1) is 0 Å². The first kappa shape index (κ1) is 18.7. The van der Waals surface area contributed by atoms with Gasteiger partial charge in [-0.1, -0.05) is 29.8 Å². The molecule has 3 aromatic rings. The molecule has 0 aliphatic rings. The summed E-state index contributed by atoms with van der Waals surface area (Å²) in [7, 11) is 0. The molecule has 0 bridgehead atoms. The molecule has 27 heavy (non-hydrogen) atoms. The van der Waals surface area contributed by atoms with Gasteiger partial charge in [0.2, 0.25) is 5.91 Å². The number of carbonyl (C=O) groups excluding carboxylic acids is 1. The number of rotatable bonds is 5. The summed E-state index contributed by atoms with van der Waals surface area (Å²) in [5.74, 6) is -0.410. The average molecular weight is 403 g/mol. The lowest BCUT2D eigenvalue weighted by Crippen LogP contribution is -2.21. The van der Waals surface area contributed by atoms with Crippen LogP contribution in [0.2, 0.25) is 5.15 Å². The van der Waals surface area contributed by atoms with Crippen molar-refractivity contribution in [3.63, 3.8) is 0 Å². The fourth-order valence-electron chi connectivity index (χ4n) is 2.39. The van der Waals surface area contributed by atoms with Crippen LogP contribution in [0.15, 0.2) is 46.3 Å².